The van der Waals surface area contributed by atoms with Crippen molar-refractivity contribution in [2.24, 2.45) is 5.41 Å². The Balaban J connectivity index is 2.17. The average molecular weight is 391 g/mol. The second-order valence-corrected chi connectivity index (χ2v) is 7.07. The van der Waals surface area contributed by atoms with E-state index in [1.165, 1.54) is 7.11 Å². The van der Waals surface area contributed by atoms with Crippen LogP contribution in [0.15, 0.2) is 46.7 Å². The van der Waals surface area contributed by atoms with Gasteiger partial charge in [0.05, 0.1) is 7.11 Å². The Kier molecular flexibility index (Phi) is 4.63. The lowest BCUT2D eigenvalue weighted by Crippen LogP contribution is -2.43. The highest BCUT2D eigenvalue weighted by atomic mass is 79.9. The summed E-state index contributed by atoms with van der Waals surface area (Å²) in [5.74, 6) is -1.35. The Bertz CT molecular complexity index is 732. The lowest BCUT2D eigenvalue weighted by molar-refractivity contribution is -0.159. The zero-order valence-corrected chi connectivity index (χ0v) is 15.3. The van der Waals surface area contributed by atoms with E-state index in [1.807, 2.05) is 37.3 Å². The molecule has 0 aromatic heterocycles. The molecule has 3 rings (SSSR count). The van der Waals surface area contributed by atoms with Gasteiger partial charge >= 0.3 is 11.9 Å². The third-order valence-electron chi connectivity index (χ3n) is 4.76. The SMILES string of the molecule is COC(=O)C1=C[C@@H](c2ccc(C)cc2)[C@@]2(CCCC=C2Br)C(=O)O1. The minimum Gasteiger partial charge on any atom is -0.463 e. The van der Waals surface area contributed by atoms with Gasteiger partial charge in [0.25, 0.3) is 0 Å². The first-order chi connectivity index (χ1) is 11.5. The van der Waals surface area contributed by atoms with E-state index in [1.54, 1.807) is 6.08 Å². The fraction of sp³-hybridized carbons (Fsp3) is 0.368. The highest BCUT2D eigenvalue weighted by Crippen LogP contribution is 2.54. The largest absolute Gasteiger partial charge is 0.463 e. The summed E-state index contributed by atoms with van der Waals surface area (Å²) < 4.78 is 10.9. The highest BCUT2D eigenvalue weighted by Gasteiger charge is 2.53. The number of hydrogen-bond acceptors (Lipinski definition) is 4. The smallest absolute Gasteiger partial charge is 0.373 e. The molecule has 1 aliphatic carbocycles. The van der Waals surface area contributed by atoms with Gasteiger partial charge < -0.3 is 9.47 Å². The van der Waals surface area contributed by atoms with Crippen molar-refractivity contribution in [3.63, 3.8) is 0 Å². The number of carbonyl (C=O) groups excluding carboxylic acids is 2. The summed E-state index contributed by atoms with van der Waals surface area (Å²) in [6, 6.07) is 8.02. The summed E-state index contributed by atoms with van der Waals surface area (Å²) in [6.45, 7) is 2.01. The quantitative estimate of drug-likeness (QED) is 0.711. The second-order valence-electron chi connectivity index (χ2n) is 6.22. The van der Waals surface area contributed by atoms with Crippen LogP contribution < -0.4 is 0 Å². The van der Waals surface area contributed by atoms with E-state index in [2.05, 4.69) is 15.9 Å². The van der Waals surface area contributed by atoms with Crippen molar-refractivity contribution in [2.45, 2.75) is 32.1 Å². The number of methoxy groups -OCH3 is 1. The van der Waals surface area contributed by atoms with Crippen LogP contribution >= 0.6 is 15.9 Å². The number of rotatable bonds is 2. The third-order valence-corrected chi connectivity index (χ3v) is 5.80. The molecule has 0 unspecified atom stereocenters. The monoisotopic (exact) mass is 390 g/mol. The third kappa shape index (κ3) is 2.71. The molecule has 0 amide bonds. The van der Waals surface area contributed by atoms with E-state index >= 15 is 0 Å². The molecule has 5 heteroatoms. The number of benzene rings is 1. The van der Waals surface area contributed by atoms with Crippen LogP contribution in [0.2, 0.25) is 0 Å². The molecule has 2 atom stereocenters. The molecular formula is C19H19BrO4. The van der Waals surface area contributed by atoms with Crippen molar-refractivity contribution in [3.05, 3.63) is 57.8 Å². The predicted octanol–water partition coefficient (Wildman–Crippen LogP) is 4.14. The summed E-state index contributed by atoms with van der Waals surface area (Å²) in [4.78, 5) is 24.8. The summed E-state index contributed by atoms with van der Waals surface area (Å²) in [7, 11) is 1.28. The molecule has 0 radical (unpaired) electrons. The van der Waals surface area contributed by atoms with Crippen LogP contribution in [0.4, 0.5) is 0 Å². The van der Waals surface area contributed by atoms with Gasteiger partial charge in [-0.1, -0.05) is 51.8 Å². The number of halogens is 1. The van der Waals surface area contributed by atoms with E-state index in [9.17, 15) is 9.59 Å². The van der Waals surface area contributed by atoms with Crippen LogP contribution in [0.3, 0.4) is 0 Å². The second kappa shape index (κ2) is 6.55. The van der Waals surface area contributed by atoms with E-state index in [-0.39, 0.29) is 11.7 Å². The Morgan fingerprint density at radius 1 is 1.33 bits per heavy atom. The molecule has 2 aliphatic rings. The number of ether oxygens (including phenoxy) is 2. The zero-order valence-electron chi connectivity index (χ0n) is 13.7. The van der Waals surface area contributed by atoms with Gasteiger partial charge in [-0.25, -0.2) is 4.79 Å². The maximum Gasteiger partial charge on any atom is 0.373 e. The molecule has 1 heterocycles. The van der Waals surface area contributed by atoms with Crippen LogP contribution in [0.1, 0.15) is 36.3 Å². The topological polar surface area (TPSA) is 52.6 Å². The van der Waals surface area contributed by atoms with Gasteiger partial charge in [0.1, 0.15) is 5.41 Å². The van der Waals surface area contributed by atoms with Gasteiger partial charge in [-0.15, -0.1) is 0 Å². The van der Waals surface area contributed by atoms with Crippen LogP contribution in [0.5, 0.6) is 0 Å². The number of carbonyl (C=O) groups is 2. The summed E-state index contributed by atoms with van der Waals surface area (Å²) in [5, 5.41) is 0. The minimum atomic E-state index is -0.814. The molecule has 0 saturated heterocycles. The zero-order chi connectivity index (χ0) is 17.3. The van der Waals surface area contributed by atoms with Crippen molar-refractivity contribution < 1.29 is 19.1 Å². The molecule has 24 heavy (non-hydrogen) atoms. The molecule has 0 fully saturated rings. The number of cyclic esters (lactones) is 1. The van der Waals surface area contributed by atoms with E-state index < -0.39 is 17.4 Å². The van der Waals surface area contributed by atoms with Gasteiger partial charge in [-0.3, -0.25) is 4.79 Å². The first kappa shape index (κ1) is 17.0. The van der Waals surface area contributed by atoms with E-state index in [4.69, 9.17) is 9.47 Å². The van der Waals surface area contributed by atoms with Crippen LogP contribution in [-0.4, -0.2) is 19.0 Å². The molecule has 1 aromatic rings. The lowest BCUT2D eigenvalue weighted by atomic mass is 9.65. The Hall–Kier alpha value is -1.88. The highest BCUT2D eigenvalue weighted by molar-refractivity contribution is 9.11. The van der Waals surface area contributed by atoms with Crippen molar-refractivity contribution in [1.82, 2.24) is 0 Å². The minimum absolute atomic E-state index is 0.0374. The lowest BCUT2D eigenvalue weighted by Gasteiger charge is -2.42. The molecule has 1 spiro atoms. The van der Waals surface area contributed by atoms with Crippen molar-refractivity contribution in [1.29, 1.82) is 0 Å². The van der Waals surface area contributed by atoms with Crippen LogP contribution in [0, 0.1) is 12.3 Å². The normalized spacial score (nSPS) is 26.5. The number of hydrogen-bond donors (Lipinski definition) is 0. The molecule has 1 aromatic carbocycles. The molecule has 0 saturated carbocycles. The Labute approximate surface area is 149 Å². The predicted molar refractivity (Wildman–Crippen MR) is 93.4 cm³/mol. The number of aryl methyl sites for hydroxylation is 1. The number of esters is 2. The van der Waals surface area contributed by atoms with Crippen molar-refractivity contribution >= 4 is 27.9 Å². The number of allylic oxidation sites excluding steroid dienone is 2. The maximum absolute atomic E-state index is 12.9. The van der Waals surface area contributed by atoms with Crippen LogP contribution in [0.25, 0.3) is 0 Å². The van der Waals surface area contributed by atoms with Gasteiger partial charge in [0.15, 0.2) is 0 Å². The Morgan fingerprint density at radius 3 is 2.67 bits per heavy atom. The molecule has 0 N–H and O–H groups in total. The van der Waals surface area contributed by atoms with Gasteiger partial charge in [-0.2, -0.15) is 0 Å². The molecule has 126 valence electrons. The molecule has 1 aliphatic heterocycles. The standard InChI is InChI=1S/C19H19BrO4/c1-12-6-8-13(9-7-12)14-11-15(17(21)23-2)24-18(22)19(14)10-4-3-5-16(19)20/h5-9,11,14H,3-4,10H2,1-2H3/t14-,19+/m0/s1. The summed E-state index contributed by atoms with van der Waals surface area (Å²) in [5.41, 5.74) is 1.30. The first-order valence-electron chi connectivity index (χ1n) is 7.94. The first-order valence-corrected chi connectivity index (χ1v) is 8.73. The molecule has 0 bridgehead atoms. The van der Waals surface area contributed by atoms with E-state index in [0.29, 0.717) is 6.42 Å². The fourth-order valence-electron chi connectivity index (χ4n) is 3.43. The van der Waals surface area contributed by atoms with Crippen molar-refractivity contribution in [2.75, 3.05) is 7.11 Å². The van der Waals surface area contributed by atoms with Gasteiger partial charge in [-0.05, 0) is 37.8 Å². The van der Waals surface area contributed by atoms with Gasteiger partial charge in [0.2, 0.25) is 5.76 Å². The van der Waals surface area contributed by atoms with Crippen LogP contribution in [-0.2, 0) is 19.1 Å². The molecular weight excluding hydrogens is 372 g/mol. The summed E-state index contributed by atoms with van der Waals surface area (Å²) in [6.07, 6.45) is 6.24. The average Bonchev–Trinajstić information content (AvgIpc) is 2.59. The van der Waals surface area contributed by atoms with Crippen molar-refractivity contribution in [3.8, 4) is 0 Å². The molecule has 4 nitrogen and oxygen atoms in total. The maximum atomic E-state index is 12.9. The van der Waals surface area contributed by atoms with Gasteiger partial charge in [0, 0.05) is 10.4 Å². The fourth-order valence-corrected chi connectivity index (χ4v) is 4.26. The van der Waals surface area contributed by atoms with E-state index in [0.717, 1.165) is 28.5 Å². The Morgan fingerprint density at radius 2 is 2.04 bits per heavy atom. The summed E-state index contributed by atoms with van der Waals surface area (Å²) >= 11 is 3.59.